The third kappa shape index (κ3) is 2.76. The summed E-state index contributed by atoms with van der Waals surface area (Å²) in [5.41, 5.74) is 0.969. The molecule has 0 N–H and O–H groups in total. The number of hydrogen-bond acceptors (Lipinski definition) is 5. The van der Waals surface area contributed by atoms with Crippen molar-refractivity contribution in [2.75, 3.05) is 0 Å². The third-order valence-corrected chi connectivity index (χ3v) is 3.50. The van der Waals surface area contributed by atoms with E-state index in [1.807, 2.05) is 13.0 Å². The second kappa shape index (κ2) is 5.48. The zero-order chi connectivity index (χ0) is 15.7. The van der Waals surface area contributed by atoms with Crippen molar-refractivity contribution >= 4 is 11.7 Å². The highest BCUT2D eigenvalue weighted by molar-refractivity contribution is 5.76. The van der Waals surface area contributed by atoms with Gasteiger partial charge in [-0.1, -0.05) is 13.0 Å². The molecule has 112 valence electrons. The van der Waals surface area contributed by atoms with Crippen molar-refractivity contribution in [3.8, 4) is 17.2 Å². The van der Waals surface area contributed by atoms with Gasteiger partial charge in [-0.25, -0.2) is 0 Å². The van der Waals surface area contributed by atoms with Crippen LogP contribution in [-0.2, 0) is 4.79 Å². The molecule has 1 atom stereocenters. The van der Waals surface area contributed by atoms with Gasteiger partial charge in [0.1, 0.15) is 17.2 Å². The van der Waals surface area contributed by atoms with E-state index in [2.05, 4.69) is 0 Å². The Balaban J connectivity index is 1.82. The molecule has 0 bridgehead atoms. The predicted octanol–water partition coefficient (Wildman–Crippen LogP) is 3.80. The highest BCUT2D eigenvalue weighted by Crippen LogP contribution is 2.37. The van der Waals surface area contributed by atoms with E-state index in [9.17, 15) is 14.9 Å². The molecule has 6 nitrogen and oxygen atoms in total. The van der Waals surface area contributed by atoms with Gasteiger partial charge >= 0.3 is 5.97 Å². The fraction of sp³-hybridized carbons (Fsp3) is 0.188. The molecule has 1 unspecified atom stereocenters. The van der Waals surface area contributed by atoms with E-state index in [-0.39, 0.29) is 17.6 Å². The average molecular weight is 299 g/mol. The van der Waals surface area contributed by atoms with E-state index in [0.717, 1.165) is 5.56 Å². The molecule has 0 radical (unpaired) electrons. The fourth-order valence-corrected chi connectivity index (χ4v) is 2.37. The summed E-state index contributed by atoms with van der Waals surface area (Å²) >= 11 is 0. The first-order valence-electron chi connectivity index (χ1n) is 6.80. The van der Waals surface area contributed by atoms with E-state index in [1.54, 1.807) is 12.1 Å². The lowest BCUT2D eigenvalue weighted by atomic mass is 9.95. The van der Waals surface area contributed by atoms with Gasteiger partial charge in [0, 0.05) is 18.2 Å². The Morgan fingerprint density at radius 3 is 2.55 bits per heavy atom. The summed E-state index contributed by atoms with van der Waals surface area (Å²) in [6.45, 7) is 1.97. The van der Waals surface area contributed by atoms with Crippen LogP contribution in [0.3, 0.4) is 0 Å². The standard InChI is InChI=1S/C16H13NO5/c1-10-8-16(18)22-15-9-13(6-7-14(10)15)21-12-4-2-11(3-5-12)17(19)20/h2-7,9-10H,8H2,1H3. The third-order valence-electron chi connectivity index (χ3n) is 3.50. The number of carbonyl (C=O) groups is 1. The summed E-state index contributed by atoms with van der Waals surface area (Å²) in [6.07, 6.45) is 0.371. The number of fused-ring (bicyclic) bond motifs is 1. The fourth-order valence-electron chi connectivity index (χ4n) is 2.37. The summed E-state index contributed by atoms with van der Waals surface area (Å²) in [5, 5.41) is 10.6. The van der Waals surface area contributed by atoms with Crippen LogP contribution in [0.2, 0.25) is 0 Å². The van der Waals surface area contributed by atoms with Crippen LogP contribution in [0.4, 0.5) is 5.69 Å². The molecule has 3 rings (SSSR count). The Hall–Kier alpha value is -2.89. The Morgan fingerprint density at radius 2 is 1.86 bits per heavy atom. The summed E-state index contributed by atoms with van der Waals surface area (Å²) in [6, 6.07) is 11.1. The van der Waals surface area contributed by atoms with Crippen LogP contribution in [0.1, 0.15) is 24.8 Å². The second-order valence-corrected chi connectivity index (χ2v) is 5.13. The van der Waals surface area contributed by atoms with Gasteiger partial charge in [-0.2, -0.15) is 0 Å². The van der Waals surface area contributed by atoms with Crippen LogP contribution in [0, 0.1) is 10.1 Å². The first kappa shape index (κ1) is 14.1. The van der Waals surface area contributed by atoms with Crippen molar-refractivity contribution in [2.24, 2.45) is 0 Å². The molecule has 6 heteroatoms. The number of hydrogen-bond donors (Lipinski definition) is 0. The summed E-state index contributed by atoms with van der Waals surface area (Å²) < 4.78 is 10.9. The molecule has 0 fully saturated rings. The van der Waals surface area contributed by atoms with Crippen molar-refractivity contribution in [1.29, 1.82) is 0 Å². The van der Waals surface area contributed by atoms with Gasteiger partial charge in [-0.05, 0) is 29.7 Å². The molecule has 1 aliphatic rings. The lowest BCUT2D eigenvalue weighted by Gasteiger charge is -2.21. The van der Waals surface area contributed by atoms with Gasteiger partial charge in [0.15, 0.2) is 0 Å². The first-order valence-corrected chi connectivity index (χ1v) is 6.80. The molecule has 1 heterocycles. The summed E-state index contributed by atoms with van der Waals surface area (Å²) in [4.78, 5) is 21.6. The highest BCUT2D eigenvalue weighted by Gasteiger charge is 2.24. The highest BCUT2D eigenvalue weighted by atomic mass is 16.6. The second-order valence-electron chi connectivity index (χ2n) is 5.13. The van der Waals surface area contributed by atoms with Gasteiger partial charge in [0.2, 0.25) is 0 Å². The number of non-ortho nitro benzene ring substituents is 1. The molecule has 2 aromatic rings. The molecule has 0 amide bonds. The van der Waals surface area contributed by atoms with Crippen molar-refractivity contribution in [2.45, 2.75) is 19.3 Å². The summed E-state index contributed by atoms with van der Waals surface area (Å²) in [7, 11) is 0. The number of esters is 1. The topological polar surface area (TPSA) is 78.7 Å². The van der Waals surface area contributed by atoms with Crippen molar-refractivity contribution in [1.82, 2.24) is 0 Å². The van der Waals surface area contributed by atoms with Gasteiger partial charge in [0.25, 0.3) is 5.69 Å². The largest absolute Gasteiger partial charge is 0.457 e. The molecule has 22 heavy (non-hydrogen) atoms. The minimum absolute atomic E-state index is 0.000505. The van der Waals surface area contributed by atoms with Crippen LogP contribution in [-0.4, -0.2) is 10.9 Å². The zero-order valence-corrected chi connectivity index (χ0v) is 11.8. The normalized spacial score (nSPS) is 16.6. The summed E-state index contributed by atoms with van der Waals surface area (Å²) in [5.74, 6) is 1.34. The number of nitrogens with zero attached hydrogens (tertiary/aromatic N) is 1. The molecule has 0 spiro atoms. The maximum Gasteiger partial charge on any atom is 0.311 e. The lowest BCUT2D eigenvalue weighted by Crippen LogP contribution is -2.18. The zero-order valence-electron chi connectivity index (χ0n) is 11.8. The molecule has 0 saturated heterocycles. The molecule has 0 saturated carbocycles. The monoisotopic (exact) mass is 299 g/mol. The quantitative estimate of drug-likeness (QED) is 0.373. The van der Waals surface area contributed by atoms with Gasteiger partial charge in [-0.3, -0.25) is 14.9 Å². The predicted molar refractivity (Wildman–Crippen MR) is 78.3 cm³/mol. The molecule has 2 aromatic carbocycles. The number of rotatable bonds is 3. The van der Waals surface area contributed by atoms with Gasteiger partial charge in [0.05, 0.1) is 11.3 Å². The number of ether oxygens (including phenoxy) is 2. The van der Waals surface area contributed by atoms with Crippen molar-refractivity contribution in [3.05, 3.63) is 58.1 Å². The molecule has 0 aromatic heterocycles. The smallest absolute Gasteiger partial charge is 0.311 e. The Bertz CT molecular complexity index is 739. The molecular formula is C16H13NO5. The lowest BCUT2D eigenvalue weighted by molar-refractivity contribution is -0.384. The van der Waals surface area contributed by atoms with E-state index in [4.69, 9.17) is 9.47 Å². The van der Waals surface area contributed by atoms with Crippen LogP contribution in [0.15, 0.2) is 42.5 Å². The number of nitro benzene ring substituents is 1. The number of nitro groups is 1. The molecule has 1 aliphatic heterocycles. The van der Waals surface area contributed by atoms with Gasteiger partial charge in [-0.15, -0.1) is 0 Å². The van der Waals surface area contributed by atoms with E-state index in [1.165, 1.54) is 24.3 Å². The van der Waals surface area contributed by atoms with E-state index >= 15 is 0 Å². The molecular weight excluding hydrogens is 286 g/mol. The van der Waals surface area contributed by atoms with Gasteiger partial charge < -0.3 is 9.47 Å². The van der Waals surface area contributed by atoms with Crippen molar-refractivity contribution < 1.29 is 19.2 Å². The minimum Gasteiger partial charge on any atom is -0.457 e. The number of benzene rings is 2. The minimum atomic E-state index is -0.469. The van der Waals surface area contributed by atoms with Crippen LogP contribution in [0.25, 0.3) is 0 Å². The van der Waals surface area contributed by atoms with E-state index < -0.39 is 4.92 Å². The van der Waals surface area contributed by atoms with Crippen LogP contribution in [0.5, 0.6) is 17.2 Å². The van der Waals surface area contributed by atoms with E-state index in [0.29, 0.717) is 23.7 Å². The molecule has 0 aliphatic carbocycles. The average Bonchev–Trinajstić information content (AvgIpc) is 2.47. The van der Waals surface area contributed by atoms with Crippen LogP contribution >= 0.6 is 0 Å². The number of carbonyl (C=O) groups excluding carboxylic acids is 1. The van der Waals surface area contributed by atoms with Crippen LogP contribution < -0.4 is 9.47 Å². The first-order chi connectivity index (χ1) is 10.5. The maximum absolute atomic E-state index is 11.5. The van der Waals surface area contributed by atoms with Crippen molar-refractivity contribution in [3.63, 3.8) is 0 Å². The Labute approximate surface area is 126 Å². The Morgan fingerprint density at radius 1 is 1.18 bits per heavy atom. The SMILES string of the molecule is CC1CC(=O)Oc2cc(Oc3ccc([N+](=O)[O-])cc3)ccc21. The maximum atomic E-state index is 11.5. The Kier molecular flexibility index (Phi) is 3.50.